The van der Waals surface area contributed by atoms with Crippen LogP contribution in [0.3, 0.4) is 0 Å². The molecule has 8 nitrogen and oxygen atoms in total. The first kappa shape index (κ1) is 24.5. The van der Waals surface area contributed by atoms with Gasteiger partial charge < -0.3 is 10.6 Å². The molecule has 1 fully saturated rings. The zero-order chi connectivity index (χ0) is 28.4. The predicted octanol–water partition coefficient (Wildman–Crippen LogP) is 7.01. The third-order valence-corrected chi connectivity index (χ3v) is 7.13. The molecule has 0 radical (unpaired) electrons. The molecule has 0 bridgehead atoms. The molecule has 40 heavy (non-hydrogen) atoms. The number of rotatable bonds is 10. The Hall–Kier alpha value is -4.55. The van der Waals surface area contributed by atoms with E-state index in [0.29, 0.717) is 51.5 Å². The molecule has 3 aromatic carbocycles. The third-order valence-electron chi connectivity index (χ3n) is 6.84. The highest BCUT2D eigenvalue weighted by molar-refractivity contribution is 6.35. The van der Waals surface area contributed by atoms with Crippen LogP contribution in [0.25, 0.3) is 10.9 Å². The summed E-state index contributed by atoms with van der Waals surface area (Å²) in [6.45, 7) is 0. The van der Waals surface area contributed by atoms with Gasteiger partial charge >= 0.3 is 0 Å². The van der Waals surface area contributed by atoms with E-state index >= 15 is 0 Å². The van der Waals surface area contributed by atoms with Crippen molar-refractivity contribution in [2.24, 2.45) is 0 Å². The molecule has 1 aliphatic carbocycles. The lowest BCUT2D eigenvalue weighted by Crippen LogP contribution is -2.14. The van der Waals surface area contributed by atoms with E-state index in [4.69, 9.17) is 11.6 Å². The van der Waals surface area contributed by atoms with E-state index < -0.39 is 11.8 Å². The van der Waals surface area contributed by atoms with E-state index in [-0.39, 0.29) is 12.1 Å². The first-order valence-electron chi connectivity index (χ1n) is 13.5. The standard InChI is InChI=1S/C30H26ClFN8/c31-25-16-22(36-28(20-8-10-21(32)11-9-20)27-17-40(39-38-27)23-12-13-23)15-24-29(25)34-18-35-30(24)37-26(7-4-14-33)19-5-2-1-3-6-19/h1-3,5-6,8-11,15-18,23,26,28,36H,4,7,12-13H2,(H,34,35,37)/t26-,28+/m1/s1/i28D. The van der Waals surface area contributed by atoms with E-state index in [1.54, 1.807) is 29.1 Å². The number of aromatic nitrogens is 5. The van der Waals surface area contributed by atoms with Crippen molar-refractivity contribution < 1.29 is 5.76 Å². The lowest BCUT2D eigenvalue weighted by molar-refractivity contribution is 0.610. The molecule has 0 aliphatic heterocycles. The molecule has 2 N–H and O–H groups in total. The van der Waals surface area contributed by atoms with Gasteiger partial charge in [0.25, 0.3) is 0 Å². The Balaban J connectivity index is 1.40. The molecular weight excluding hydrogens is 527 g/mol. The molecule has 1 saturated carbocycles. The summed E-state index contributed by atoms with van der Waals surface area (Å²) in [4.78, 5) is 8.91. The zero-order valence-electron chi connectivity index (χ0n) is 22.4. The van der Waals surface area contributed by atoms with E-state index in [1.807, 2.05) is 36.4 Å². The number of anilines is 2. The predicted molar refractivity (Wildman–Crippen MR) is 152 cm³/mol. The van der Waals surface area contributed by atoms with Gasteiger partial charge in [-0.1, -0.05) is 59.3 Å². The summed E-state index contributed by atoms with van der Waals surface area (Å²) in [5, 5.41) is 25.6. The molecule has 0 unspecified atom stereocenters. The molecule has 0 spiro atoms. The van der Waals surface area contributed by atoms with Gasteiger partial charge in [0.05, 0.1) is 42.3 Å². The van der Waals surface area contributed by atoms with Crippen molar-refractivity contribution in [2.75, 3.05) is 10.6 Å². The number of nitrogens with zero attached hydrogens (tertiary/aromatic N) is 6. The van der Waals surface area contributed by atoms with Crippen LogP contribution in [0, 0.1) is 17.1 Å². The molecule has 2 heterocycles. The van der Waals surface area contributed by atoms with E-state index in [1.165, 1.54) is 18.5 Å². The average Bonchev–Trinajstić information content (AvgIpc) is 3.71. The van der Waals surface area contributed by atoms with Crippen molar-refractivity contribution in [3.63, 3.8) is 0 Å². The normalized spacial score (nSPS) is 15.6. The van der Waals surface area contributed by atoms with Gasteiger partial charge in [-0.15, -0.1) is 5.10 Å². The summed E-state index contributed by atoms with van der Waals surface area (Å²) in [6, 6.07) is 19.9. The molecule has 0 saturated heterocycles. The van der Waals surface area contributed by atoms with Crippen LogP contribution >= 0.6 is 11.6 Å². The second-order valence-electron chi connectivity index (χ2n) is 9.70. The number of hydrogen-bond acceptors (Lipinski definition) is 7. The van der Waals surface area contributed by atoms with Crippen LogP contribution in [0.2, 0.25) is 5.02 Å². The highest BCUT2D eigenvalue weighted by Crippen LogP contribution is 2.37. The highest BCUT2D eigenvalue weighted by Gasteiger charge is 2.27. The molecule has 6 rings (SSSR count). The van der Waals surface area contributed by atoms with Gasteiger partial charge in [0.2, 0.25) is 0 Å². The first-order chi connectivity index (χ1) is 19.9. The van der Waals surface area contributed by atoms with Crippen molar-refractivity contribution >= 4 is 34.0 Å². The monoisotopic (exact) mass is 553 g/mol. The average molecular weight is 554 g/mol. The highest BCUT2D eigenvalue weighted by atomic mass is 35.5. The van der Waals surface area contributed by atoms with Gasteiger partial charge in [-0.25, -0.2) is 19.0 Å². The fourth-order valence-electron chi connectivity index (χ4n) is 4.65. The van der Waals surface area contributed by atoms with Crippen LogP contribution in [0.5, 0.6) is 0 Å². The molecule has 2 aromatic heterocycles. The quantitative estimate of drug-likeness (QED) is 0.192. The maximum Gasteiger partial charge on any atom is 0.137 e. The van der Waals surface area contributed by atoms with E-state index in [2.05, 4.69) is 37.0 Å². The number of halogens is 2. The number of nitriles is 1. The molecule has 2 atom stereocenters. The summed E-state index contributed by atoms with van der Waals surface area (Å²) in [7, 11) is 0. The first-order valence-corrected chi connectivity index (χ1v) is 13.4. The number of nitrogens with one attached hydrogen (secondary N) is 2. The van der Waals surface area contributed by atoms with Crippen LogP contribution < -0.4 is 10.6 Å². The smallest absolute Gasteiger partial charge is 0.137 e. The lowest BCUT2D eigenvalue weighted by atomic mass is 10.0. The minimum Gasteiger partial charge on any atom is -0.373 e. The van der Waals surface area contributed by atoms with Crippen molar-refractivity contribution in [2.45, 2.75) is 43.8 Å². The van der Waals surface area contributed by atoms with Crippen LogP contribution in [0.15, 0.2) is 79.3 Å². The van der Waals surface area contributed by atoms with Gasteiger partial charge in [0, 0.05) is 17.5 Å². The Morgan fingerprint density at radius 2 is 1.88 bits per heavy atom. The Morgan fingerprint density at radius 3 is 2.62 bits per heavy atom. The fourth-order valence-corrected chi connectivity index (χ4v) is 4.92. The maximum atomic E-state index is 13.8. The summed E-state index contributed by atoms with van der Waals surface area (Å²) in [5.41, 5.74) is 2.94. The second kappa shape index (κ2) is 11.3. The minimum absolute atomic E-state index is 0.170. The maximum absolute atomic E-state index is 13.8. The Labute approximate surface area is 237 Å². The molecule has 1 aliphatic rings. The van der Waals surface area contributed by atoms with Crippen LogP contribution in [-0.2, 0) is 0 Å². The zero-order valence-corrected chi connectivity index (χ0v) is 22.2. The van der Waals surface area contributed by atoms with E-state index in [0.717, 1.165) is 18.4 Å². The lowest BCUT2D eigenvalue weighted by Gasteiger charge is -2.21. The minimum atomic E-state index is -1.60. The largest absolute Gasteiger partial charge is 0.373 e. The number of benzene rings is 3. The van der Waals surface area contributed by atoms with Crippen molar-refractivity contribution in [3.05, 3.63) is 107 Å². The van der Waals surface area contributed by atoms with Crippen molar-refractivity contribution in [1.29, 1.82) is 5.26 Å². The summed E-state index contributed by atoms with van der Waals surface area (Å²) in [5.74, 6) is 0.146. The third kappa shape index (κ3) is 5.58. The van der Waals surface area contributed by atoms with Crippen LogP contribution in [-0.4, -0.2) is 25.0 Å². The van der Waals surface area contributed by atoms with E-state index in [9.17, 15) is 11.0 Å². The summed E-state index contributed by atoms with van der Waals surface area (Å²) < 4.78 is 25.2. The van der Waals surface area contributed by atoms with Gasteiger partial charge in [-0.05, 0) is 54.7 Å². The number of fused-ring (bicyclic) bond motifs is 1. The summed E-state index contributed by atoms with van der Waals surface area (Å²) in [6.07, 6.45) is 6.19. The van der Waals surface area contributed by atoms with Crippen LogP contribution in [0.4, 0.5) is 15.9 Å². The molecular formula is C30H26ClFN8. The van der Waals surface area contributed by atoms with Crippen molar-refractivity contribution in [3.8, 4) is 6.07 Å². The second-order valence-corrected chi connectivity index (χ2v) is 10.1. The van der Waals surface area contributed by atoms with Gasteiger partial charge in [0.1, 0.15) is 23.7 Å². The SMILES string of the molecule is [2H][C@](Nc1cc(Cl)c2ncnc(N[C@H](CCC#N)c3ccccc3)c2c1)(c1ccc(F)cc1)c1cn(C2CC2)nn1. The fraction of sp³-hybridized carbons (Fsp3) is 0.233. The van der Waals surface area contributed by atoms with Gasteiger partial charge in [-0.3, -0.25) is 0 Å². The Kier molecular flexibility index (Phi) is 6.91. The Morgan fingerprint density at radius 1 is 1.07 bits per heavy atom. The van der Waals surface area contributed by atoms with Crippen LogP contribution in [0.1, 0.15) is 62.0 Å². The van der Waals surface area contributed by atoms with Gasteiger partial charge in [0.15, 0.2) is 0 Å². The topological polar surface area (TPSA) is 104 Å². The molecule has 5 aromatic rings. The van der Waals surface area contributed by atoms with Crippen molar-refractivity contribution in [1.82, 2.24) is 25.0 Å². The Bertz CT molecular complexity index is 1720. The molecule has 10 heteroatoms. The molecule has 0 amide bonds. The van der Waals surface area contributed by atoms with Gasteiger partial charge in [-0.2, -0.15) is 5.26 Å². The number of hydrogen-bond donors (Lipinski definition) is 2. The summed E-state index contributed by atoms with van der Waals surface area (Å²) >= 11 is 6.72. The molecule has 200 valence electrons.